The monoisotopic (exact) mass is 419 g/mol. The lowest BCUT2D eigenvalue weighted by Gasteiger charge is -2.40. The van der Waals surface area contributed by atoms with Crippen molar-refractivity contribution in [1.29, 1.82) is 0 Å². The summed E-state index contributed by atoms with van der Waals surface area (Å²) in [4.78, 5) is 38.3. The lowest BCUT2D eigenvalue weighted by atomic mass is 10.1. The number of para-hydroxylation sites is 2. The molecule has 2 aromatic carbocycles. The molecule has 3 aliphatic heterocycles. The van der Waals surface area contributed by atoms with E-state index in [9.17, 15) is 9.59 Å². The second-order valence-corrected chi connectivity index (χ2v) is 7.92. The van der Waals surface area contributed by atoms with Crippen LogP contribution in [0.5, 0.6) is 5.75 Å². The molecule has 8 heteroatoms. The lowest BCUT2D eigenvalue weighted by molar-refractivity contribution is -0.137. The van der Waals surface area contributed by atoms with Crippen LogP contribution in [0.25, 0.3) is 0 Å². The van der Waals surface area contributed by atoms with Crippen molar-refractivity contribution in [3.63, 3.8) is 0 Å². The Bertz CT molecular complexity index is 1040. The van der Waals surface area contributed by atoms with Gasteiger partial charge in [-0.15, -0.1) is 0 Å². The topological polar surface area (TPSA) is 68.7 Å². The predicted molar refractivity (Wildman–Crippen MR) is 117 cm³/mol. The minimum atomic E-state index is -0.513. The average Bonchev–Trinajstić information content (AvgIpc) is 3.38. The number of likely N-dealkylation sites (N-methyl/N-ethyl adjacent to an activating group) is 1. The van der Waals surface area contributed by atoms with Gasteiger partial charge in [0.1, 0.15) is 5.75 Å². The number of methoxy groups -OCH3 is 1. The highest BCUT2D eigenvalue weighted by molar-refractivity contribution is 6.08. The summed E-state index contributed by atoms with van der Waals surface area (Å²) < 4.78 is 5.52. The molecule has 160 valence electrons. The Morgan fingerprint density at radius 2 is 1.77 bits per heavy atom. The van der Waals surface area contributed by atoms with Crippen molar-refractivity contribution in [2.24, 2.45) is 4.99 Å². The van der Waals surface area contributed by atoms with E-state index >= 15 is 0 Å². The fourth-order valence-corrected chi connectivity index (χ4v) is 4.61. The van der Waals surface area contributed by atoms with Gasteiger partial charge in [0.05, 0.1) is 12.8 Å². The standard InChI is InChI=1S/C23H25N5O3/c1-25-20-19(21(29)28(23(25)30)13-12-16-8-4-3-5-9-16)27-15-14-26(22(27)24-20)17-10-6-7-11-18(17)31-2/h3-11,19-20H,12-15H2,1-2H3. The number of nitrogens with zero attached hydrogens (tertiary/aromatic N) is 5. The van der Waals surface area contributed by atoms with Crippen molar-refractivity contribution in [2.75, 3.05) is 38.7 Å². The largest absolute Gasteiger partial charge is 0.495 e. The molecule has 3 aliphatic rings. The van der Waals surface area contributed by atoms with Gasteiger partial charge in [0.15, 0.2) is 12.2 Å². The van der Waals surface area contributed by atoms with Crippen LogP contribution in [0.3, 0.4) is 0 Å². The zero-order valence-electron chi connectivity index (χ0n) is 17.6. The highest BCUT2D eigenvalue weighted by atomic mass is 16.5. The minimum Gasteiger partial charge on any atom is -0.495 e. The molecule has 3 heterocycles. The molecule has 2 aromatic rings. The maximum atomic E-state index is 13.4. The first-order valence-electron chi connectivity index (χ1n) is 10.5. The Morgan fingerprint density at radius 1 is 1.03 bits per heavy atom. The first kappa shape index (κ1) is 19.4. The van der Waals surface area contributed by atoms with Gasteiger partial charge in [-0.05, 0) is 24.1 Å². The highest BCUT2D eigenvalue weighted by Gasteiger charge is 2.54. The van der Waals surface area contributed by atoms with Crippen LogP contribution in [0.2, 0.25) is 0 Å². The molecule has 2 fully saturated rings. The number of imide groups is 1. The number of urea groups is 1. The second-order valence-electron chi connectivity index (χ2n) is 7.92. The van der Waals surface area contributed by atoms with Crippen molar-refractivity contribution in [3.8, 4) is 5.75 Å². The van der Waals surface area contributed by atoms with E-state index in [1.807, 2.05) is 59.5 Å². The van der Waals surface area contributed by atoms with Gasteiger partial charge in [0.2, 0.25) is 5.96 Å². The van der Waals surface area contributed by atoms with Crippen LogP contribution in [-0.4, -0.2) is 78.6 Å². The summed E-state index contributed by atoms with van der Waals surface area (Å²) in [5.41, 5.74) is 2.01. The normalized spacial score (nSPS) is 22.6. The van der Waals surface area contributed by atoms with Crippen molar-refractivity contribution < 1.29 is 14.3 Å². The summed E-state index contributed by atoms with van der Waals surface area (Å²) in [6, 6.07) is 16.9. The average molecular weight is 419 g/mol. The molecule has 0 radical (unpaired) electrons. The maximum Gasteiger partial charge on any atom is 0.328 e. The Kier molecular flexibility index (Phi) is 4.77. The number of hydrogen-bond donors (Lipinski definition) is 0. The molecule has 8 nitrogen and oxygen atoms in total. The van der Waals surface area contributed by atoms with Crippen LogP contribution < -0.4 is 9.64 Å². The second kappa shape index (κ2) is 7.61. The molecule has 2 saturated heterocycles. The van der Waals surface area contributed by atoms with Crippen LogP contribution in [0.4, 0.5) is 10.5 Å². The van der Waals surface area contributed by atoms with E-state index in [1.165, 1.54) is 4.90 Å². The van der Waals surface area contributed by atoms with E-state index in [0.717, 1.165) is 23.0 Å². The van der Waals surface area contributed by atoms with Crippen molar-refractivity contribution >= 4 is 23.6 Å². The molecule has 0 aromatic heterocycles. The van der Waals surface area contributed by atoms with Gasteiger partial charge in [0.25, 0.3) is 5.91 Å². The lowest BCUT2D eigenvalue weighted by Crippen LogP contribution is -2.65. The molecule has 0 spiro atoms. The SMILES string of the molecule is COc1ccccc1N1CCN2C1=NC1C2C(=O)N(CCc2ccccc2)C(=O)N1C. The molecule has 0 aliphatic carbocycles. The van der Waals surface area contributed by atoms with Gasteiger partial charge in [0, 0.05) is 26.7 Å². The summed E-state index contributed by atoms with van der Waals surface area (Å²) in [5.74, 6) is 1.30. The summed E-state index contributed by atoms with van der Waals surface area (Å²) in [5, 5.41) is 0. The molecule has 2 unspecified atom stereocenters. The molecule has 0 saturated carbocycles. The van der Waals surface area contributed by atoms with E-state index in [0.29, 0.717) is 26.1 Å². The number of aliphatic imine (C=N–C) groups is 1. The van der Waals surface area contributed by atoms with Gasteiger partial charge in [-0.2, -0.15) is 0 Å². The Labute approximate surface area is 181 Å². The summed E-state index contributed by atoms with van der Waals surface area (Å²) in [6.07, 6.45) is 0.116. The minimum absolute atomic E-state index is 0.176. The zero-order valence-corrected chi connectivity index (χ0v) is 17.6. The summed E-state index contributed by atoms with van der Waals surface area (Å²) in [6.45, 7) is 1.73. The van der Waals surface area contributed by atoms with Crippen LogP contribution in [0.1, 0.15) is 5.56 Å². The van der Waals surface area contributed by atoms with E-state index in [1.54, 1.807) is 19.1 Å². The highest BCUT2D eigenvalue weighted by Crippen LogP contribution is 2.36. The predicted octanol–water partition coefficient (Wildman–Crippen LogP) is 2.02. The fraction of sp³-hybridized carbons (Fsp3) is 0.348. The molecule has 31 heavy (non-hydrogen) atoms. The van der Waals surface area contributed by atoms with Gasteiger partial charge >= 0.3 is 6.03 Å². The number of ether oxygens (including phenoxy) is 1. The van der Waals surface area contributed by atoms with Crippen molar-refractivity contribution in [3.05, 3.63) is 60.2 Å². The quantitative estimate of drug-likeness (QED) is 0.742. The van der Waals surface area contributed by atoms with Gasteiger partial charge < -0.3 is 19.4 Å². The van der Waals surface area contributed by atoms with Gasteiger partial charge in [-0.3, -0.25) is 9.69 Å². The number of fused-ring (bicyclic) bond motifs is 3. The van der Waals surface area contributed by atoms with E-state index in [-0.39, 0.29) is 11.9 Å². The van der Waals surface area contributed by atoms with E-state index < -0.39 is 12.2 Å². The Morgan fingerprint density at radius 3 is 2.55 bits per heavy atom. The molecule has 0 bridgehead atoms. The van der Waals surface area contributed by atoms with E-state index in [4.69, 9.17) is 9.73 Å². The number of carbonyl (C=O) groups is 2. The fourth-order valence-electron chi connectivity index (χ4n) is 4.61. The maximum absolute atomic E-state index is 13.4. The van der Waals surface area contributed by atoms with Gasteiger partial charge in [-0.1, -0.05) is 42.5 Å². The number of hydrogen-bond acceptors (Lipinski definition) is 6. The number of rotatable bonds is 5. The number of benzene rings is 2. The molecule has 3 amide bonds. The first-order valence-corrected chi connectivity index (χ1v) is 10.5. The number of guanidine groups is 1. The third kappa shape index (κ3) is 3.10. The molecular weight excluding hydrogens is 394 g/mol. The smallest absolute Gasteiger partial charge is 0.328 e. The van der Waals surface area contributed by atoms with Crippen molar-refractivity contribution in [1.82, 2.24) is 14.7 Å². The van der Waals surface area contributed by atoms with Crippen LogP contribution in [0, 0.1) is 0 Å². The number of amides is 3. The summed E-state index contributed by atoms with van der Waals surface area (Å²) in [7, 11) is 3.37. The molecular formula is C23H25N5O3. The number of carbonyl (C=O) groups excluding carboxylic acids is 2. The third-order valence-electron chi connectivity index (χ3n) is 6.22. The van der Waals surface area contributed by atoms with Gasteiger partial charge in [-0.25, -0.2) is 9.79 Å². The van der Waals surface area contributed by atoms with Crippen LogP contribution >= 0.6 is 0 Å². The molecule has 0 N–H and O–H groups in total. The third-order valence-corrected chi connectivity index (χ3v) is 6.22. The van der Waals surface area contributed by atoms with Crippen LogP contribution in [0.15, 0.2) is 59.6 Å². The van der Waals surface area contributed by atoms with Crippen molar-refractivity contribution in [2.45, 2.75) is 18.6 Å². The zero-order chi connectivity index (χ0) is 21.5. The Hall–Kier alpha value is -3.55. The van der Waals surface area contributed by atoms with E-state index in [2.05, 4.69) is 4.90 Å². The number of anilines is 1. The molecule has 5 rings (SSSR count). The Balaban J connectivity index is 1.40. The first-order chi connectivity index (χ1) is 15.1. The summed E-state index contributed by atoms with van der Waals surface area (Å²) >= 11 is 0. The molecule has 2 atom stereocenters. The van der Waals surface area contributed by atoms with Crippen LogP contribution in [-0.2, 0) is 11.2 Å².